The molecule has 3 rings (SSSR count). The zero-order valence-electron chi connectivity index (χ0n) is 13.1. The minimum absolute atomic E-state index is 0.164. The summed E-state index contributed by atoms with van der Waals surface area (Å²) in [5, 5.41) is 2.87. The van der Waals surface area contributed by atoms with Gasteiger partial charge < -0.3 is 10.2 Å². The molecule has 0 radical (unpaired) electrons. The molecule has 0 atom stereocenters. The Kier molecular flexibility index (Phi) is 4.16. The smallest absolute Gasteiger partial charge is 0.251 e. The van der Waals surface area contributed by atoms with E-state index in [0.717, 1.165) is 34.1 Å². The first-order chi connectivity index (χ1) is 11.0. The van der Waals surface area contributed by atoms with Crippen molar-refractivity contribution in [1.29, 1.82) is 0 Å². The van der Waals surface area contributed by atoms with Gasteiger partial charge in [0.25, 0.3) is 5.91 Å². The van der Waals surface area contributed by atoms with Crippen molar-refractivity contribution in [3.8, 4) is 0 Å². The molecule has 0 fully saturated rings. The van der Waals surface area contributed by atoms with Gasteiger partial charge in [-0.15, -0.1) is 0 Å². The maximum Gasteiger partial charge on any atom is 0.251 e. The molecule has 1 amide bonds. The molecule has 0 spiro atoms. The predicted octanol–water partition coefficient (Wildman–Crippen LogP) is 1.79. The number of nitrogens with one attached hydrogen (secondary N) is 1. The van der Waals surface area contributed by atoms with Crippen LogP contribution in [0, 0.1) is 6.92 Å². The van der Waals surface area contributed by atoms with Crippen LogP contribution in [0.5, 0.6) is 0 Å². The summed E-state index contributed by atoms with van der Waals surface area (Å²) in [4.78, 5) is 22.9. The topological polar surface area (TPSA) is 83.9 Å². The molecular weight excluding hydrogens is 312 g/mol. The Morgan fingerprint density at radius 1 is 1.17 bits per heavy atom. The molecule has 8 heteroatoms. The van der Waals surface area contributed by atoms with E-state index in [0.29, 0.717) is 18.1 Å². The fourth-order valence-corrected chi connectivity index (χ4v) is 2.62. The van der Waals surface area contributed by atoms with Gasteiger partial charge in [0.2, 0.25) is 5.95 Å². The average Bonchev–Trinajstić information content (AvgIpc) is 2.99. The maximum absolute atomic E-state index is 12.3. The molecule has 0 unspecified atom stereocenters. The Balaban J connectivity index is 1.73. The molecule has 1 N–H and O–H groups in total. The number of nitrogens with zero attached hydrogens (tertiary/aromatic N) is 5. The molecule has 0 aliphatic heterocycles. The fraction of sp³-hybridized carbons (Fsp3) is 0.267. The quantitative estimate of drug-likeness (QED) is 0.786. The van der Waals surface area contributed by atoms with E-state index in [-0.39, 0.29) is 5.91 Å². The van der Waals surface area contributed by atoms with Gasteiger partial charge in [-0.1, -0.05) is 0 Å². The molecule has 0 aliphatic carbocycles. The highest BCUT2D eigenvalue weighted by Crippen LogP contribution is 2.14. The summed E-state index contributed by atoms with van der Waals surface area (Å²) in [5.74, 6) is 0.465. The van der Waals surface area contributed by atoms with Crippen LogP contribution in [-0.4, -0.2) is 38.7 Å². The number of rotatable bonds is 4. The standard InChI is InChI=1S/C15H16N6OS/c1-9-6-11(18-15(17-9)21(2)3)8-16-14(22)10-4-5-12-13(7-10)20-23-19-12/h4-7H,8H2,1-3H3,(H,16,22). The minimum Gasteiger partial charge on any atom is -0.347 e. The number of aromatic nitrogens is 4. The summed E-state index contributed by atoms with van der Waals surface area (Å²) in [5.41, 5.74) is 3.72. The highest BCUT2D eigenvalue weighted by atomic mass is 32.1. The number of anilines is 1. The third-order valence-electron chi connectivity index (χ3n) is 3.24. The molecule has 2 aromatic heterocycles. The van der Waals surface area contributed by atoms with Gasteiger partial charge >= 0.3 is 0 Å². The van der Waals surface area contributed by atoms with Crippen LogP contribution < -0.4 is 10.2 Å². The van der Waals surface area contributed by atoms with Crippen LogP contribution in [0.3, 0.4) is 0 Å². The van der Waals surface area contributed by atoms with Crippen molar-refractivity contribution in [1.82, 2.24) is 24.0 Å². The van der Waals surface area contributed by atoms with Crippen LogP contribution in [-0.2, 0) is 6.54 Å². The van der Waals surface area contributed by atoms with Gasteiger partial charge in [0.05, 0.1) is 24.0 Å². The largest absolute Gasteiger partial charge is 0.347 e. The van der Waals surface area contributed by atoms with Crippen LogP contribution in [0.4, 0.5) is 5.95 Å². The third-order valence-corrected chi connectivity index (χ3v) is 3.80. The summed E-state index contributed by atoms with van der Waals surface area (Å²) in [6.45, 7) is 2.25. The van der Waals surface area contributed by atoms with E-state index < -0.39 is 0 Å². The van der Waals surface area contributed by atoms with E-state index in [9.17, 15) is 4.79 Å². The van der Waals surface area contributed by atoms with Crippen molar-refractivity contribution >= 4 is 34.6 Å². The van der Waals surface area contributed by atoms with Gasteiger partial charge in [-0.3, -0.25) is 4.79 Å². The lowest BCUT2D eigenvalue weighted by Crippen LogP contribution is -2.24. The highest BCUT2D eigenvalue weighted by molar-refractivity contribution is 7.00. The van der Waals surface area contributed by atoms with Crippen molar-refractivity contribution in [3.05, 3.63) is 41.2 Å². The average molecular weight is 328 g/mol. The molecule has 23 heavy (non-hydrogen) atoms. The number of benzene rings is 1. The molecule has 2 heterocycles. The fourth-order valence-electron chi connectivity index (χ4n) is 2.10. The number of carbonyl (C=O) groups excluding carboxylic acids is 1. The predicted molar refractivity (Wildman–Crippen MR) is 89.7 cm³/mol. The van der Waals surface area contributed by atoms with E-state index >= 15 is 0 Å². The van der Waals surface area contributed by atoms with E-state index in [2.05, 4.69) is 24.0 Å². The van der Waals surface area contributed by atoms with Crippen LogP contribution in [0.2, 0.25) is 0 Å². The number of hydrogen-bond donors (Lipinski definition) is 1. The second kappa shape index (κ2) is 6.25. The highest BCUT2D eigenvalue weighted by Gasteiger charge is 2.10. The summed E-state index contributed by atoms with van der Waals surface area (Å²) >= 11 is 1.14. The lowest BCUT2D eigenvalue weighted by molar-refractivity contribution is 0.0950. The first kappa shape index (κ1) is 15.3. The molecule has 0 saturated carbocycles. The number of amides is 1. The number of carbonyl (C=O) groups is 1. The van der Waals surface area contributed by atoms with Gasteiger partial charge in [0.15, 0.2) is 0 Å². The Morgan fingerprint density at radius 3 is 2.74 bits per heavy atom. The molecule has 3 aromatic rings. The number of aryl methyl sites for hydroxylation is 1. The summed E-state index contributed by atoms with van der Waals surface area (Å²) in [7, 11) is 3.77. The second-order valence-electron chi connectivity index (χ2n) is 5.35. The van der Waals surface area contributed by atoms with Gasteiger partial charge in [-0.25, -0.2) is 9.97 Å². The first-order valence-corrected chi connectivity index (χ1v) is 7.78. The van der Waals surface area contributed by atoms with Gasteiger partial charge in [-0.05, 0) is 31.2 Å². The van der Waals surface area contributed by atoms with Gasteiger partial charge in [0.1, 0.15) is 11.0 Å². The SMILES string of the molecule is Cc1cc(CNC(=O)c2ccc3nsnc3c2)nc(N(C)C)n1. The Morgan fingerprint density at radius 2 is 1.96 bits per heavy atom. The molecule has 118 valence electrons. The molecule has 7 nitrogen and oxygen atoms in total. The molecule has 0 bridgehead atoms. The molecule has 1 aromatic carbocycles. The van der Waals surface area contributed by atoms with Gasteiger partial charge in [-0.2, -0.15) is 8.75 Å². The number of fused-ring (bicyclic) bond motifs is 1. The summed E-state index contributed by atoms with van der Waals surface area (Å²) < 4.78 is 8.27. The van der Waals surface area contributed by atoms with E-state index in [4.69, 9.17) is 0 Å². The Bertz CT molecular complexity index is 860. The number of hydrogen-bond acceptors (Lipinski definition) is 7. The van der Waals surface area contributed by atoms with Crippen LogP contribution >= 0.6 is 11.7 Å². The zero-order chi connectivity index (χ0) is 16.4. The third kappa shape index (κ3) is 3.42. The van der Waals surface area contributed by atoms with Gasteiger partial charge in [0, 0.05) is 25.4 Å². The Labute approximate surface area is 137 Å². The lowest BCUT2D eigenvalue weighted by Gasteiger charge is -2.12. The monoisotopic (exact) mass is 328 g/mol. The lowest BCUT2D eigenvalue weighted by atomic mass is 10.2. The normalized spacial score (nSPS) is 10.7. The van der Waals surface area contributed by atoms with Crippen molar-refractivity contribution in [2.45, 2.75) is 13.5 Å². The molecular formula is C15H16N6OS. The van der Waals surface area contributed by atoms with Crippen molar-refractivity contribution < 1.29 is 4.79 Å². The summed E-state index contributed by atoms with van der Waals surface area (Å²) in [6, 6.07) is 7.15. The van der Waals surface area contributed by atoms with E-state index in [1.54, 1.807) is 18.2 Å². The van der Waals surface area contributed by atoms with Crippen LogP contribution in [0.25, 0.3) is 11.0 Å². The molecule has 0 saturated heterocycles. The first-order valence-electron chi connectivity index (χ1n) is 7.05. The van der Waals surface area contributed by atoms with Crippen molar-refractivity contribution in [2.75, 3.05) is 19.0 Å². The Hall–Kier alpha value is -2.61. The maximum atomic E-state index is 12.3. The van der Waals surface area contributed by atoms with Crippen LogP contribution in [0.1, 0.15) is 21.7 Å². The minimum atomic E-state index is -0.164. The van der Waals surface area contributed by atoms with E-state index in [1.807, 2.05) is 32.0 Å². The zero-order valence-corrected chi connectivity index (χ0v) is 13.9. The van der Waals surface area contributed by atoms with Crippen molar-refractivity contribution in [3.63, 3.8) is 0 Å². The second-order valence-corrected chi connectivity index (χ2v) is 5.87. The summed E-state index contributed by atoms with van der Waals surface area (Å²) in [6.07, 6.45) is 0. The van der Waals surface area contributed by atoms with Crippen LogP contribution in [0.15, 0.2) is 24.3 Å². The van der Waals surface area contributed by atoms with E-state index in [1.165, 1.54) is 0 Å². The molecule has 0 aliphatic rings. The van der Waals surface area contributed by atoms with Crippen molar-refractivity contribution in [2.24, 2.45) is 0 Å².